The first-order valence-electron chi connectivity index (χ1n) is 6.97. The van der Waals surface area contributed by atoms with E-state index in [1.807, 2.05) is 0 Å². The van der Waals surface area contributed by atoms with Gasteiger partial charge in [0.1, 0.15) is 0 Å². The molecule has 1 aromatic rings. The summed E-state index contributed by atoms with van der Waals surface area (Å²) in [7, 11) is 0. The molecule has 0 saturated carbocycles. The third-order valence-corrected chi connectivity index (χ3v) is 3.83. The summed E-state index contributed by atoms with van der Waals surface area (Å²) in [6, 6.07) is 0. The molecule has 0 bridgehead atoms. The maximum atomic E-state index is 11.0. The Kier molecular flexibility index (Phi) is 5.03. The van der Waals surface area contributed by atoms with Crippen LogP contribution in [-0.2, 0) is 11.3 Å². The highest BCUT2D eigenvalue weighted by Crippen LogP contribution is 2.24. The van der Waals surface area contributed by atoms with Crippen molar-refractivity contribution in [3.63, 3.8) is 0 Å². The Labute approximate surface area is 118 Å². The second-order valence-electron chi connectivity index (χ2n) is 5.32. The number of hydrogen-bond acceptors (Lipinski definition) is 5. The van der Waals surface area contributed by atoms with Crippen molar-refractivity contribution in [1.29, 1.82) is 0 Å². The molecule has 1 atom stereocenters. The molecule has 1 fully saturated rings. The summed E-state index contributed by atoms with van der Waals surface area (Å²) >= 11 is 0. The van der Waals surface area contributed by atoms with Crippen molar-refractivity contribution in [3.8, 4) is 0 Å². The lowest BCUT2D eigenvalue weighted by Gasteiger charge is -2.10. The molecular weight excluding hydrogens is 258 g/mol. The van der Waals surface area contributed by atoms with Crippen LogP contribution in [0.25, 0.3) is 0 Å². The molecule has 1 aromatic heterocycles. The van der Waals surface area contributed by atoms with E-state index in [1.165, 1.54) is 6.42 Å². The van der Waals surface area contributed by atoms with Gasteiger partial charge in [-0.2, -0.15) is 0 Å². The zero-order valence-corrected chi connectivity index (χ0v) is 12.0. The number of pyridine rings is 1. The van der Waals surface area contributed by atoms with E-state index >= 15 is 0 Å². The lowest BCUT2D eigenvalue weighted by Crippen LogP contribution is -2.11. The van der Waals surface area contributed by atoms with Gasteiger partial charge in [-0.3, -0.25) is 15.1 Å². The van der Waals surface area contributed by atoms with Gasteiger partial charge in [0.2, 0.25) is 0 Å². The zero-order valence-electron chi connectivity index (χ0n) is 12.0. The van der Waals surface area contributed by atoms with Crippen molar-refractivity contribution < 1.29 is 9.66 Å². The topological polar surface area (TPSA) is 77.3 Å². The minimum atomic E-state index is -0.347. The largest absolute Gasteiger partial charge is 0.375 e. The van der Waals surface area contributed by atoms with E-state index in [9.17, 15) is 10.1 Å². The number of nitrogens with one attached hydrogen (secondary N) is 1. The highest BCUT2D eigenvalue weighted by molar-refractivity contribution is 5.47. The van der Waals surface area contributed by atoms with Crippen LogP contribution in [0.4, 0.5) is 5.69 Å². The Bertz CT molecular complexity index is 485. The first kappa shape index (κ1) is 14.9. The number of aryl methyl sites for hydroxylation is 1. The van der Waals surface area contributed by atoms with Crippen LogP contribution in [-0.4, -0.2) is 29.6 Å². The molecular formula is C14H21N3O3. The summed E-state index contributed by atoms with van der Waals surface area (Å²) < 4.78 is 5.62. The third-order valence-electron chi connectivity index (χ3n) is 3.83. The average Bonchev–Trinajstić information content (AvgIpc) is 2.89. The number of nitro groups is 1. The lowest BCUT2D eigenvalue weighted by atomic mass is 10.1. The summed E-state index contributed by atoms with van der Waals surface area (Å²) in [5, 5.41) is 14.4. The maximum Gasteiger partial charge on any atom is 0.278 e. The van der Waals surface area contributed by atoms with Crippen LogP contribution in [0.1, 0.15) is 29.7 Å². The van der Waals surface area contributed by atoms with Gasteiger partial charge in [-0.1, -0.05) is 0 Å². The number of hydrogen-bond donors (Lipinski definition) is 1. The normalized spacial score (nSPS) is 18.4. The van der Waals surface area contributed by atoms with Crippen molar-refractivity contribution in [1.82, 2.24) is 10.3 Å². The van der Waals surface area contributed by atoms with Gasteiger partial charge in [0.05, 0.1) is 22.8 Å². The van der Waals surface area contributed by atoms with Gasteiger partial charge in [0.25, 0.3) is 5.69 Å². The quantitative estimate of drug-likeness (QED) is 0.490. The van der Waals surface area contributed by atoms with Crippen LogP contribution in [0.5, 0.6) is 0 Å². The van der Waals surface area contributed by atoms with E-state index in [2.05, 4.69) is 10.3 Å². The Balaban J connectivity index is 1.89. The van der Waals surface area contributed by atoms with Gasteiger partial charge in [-0.15, -0.1) is 0 Å². The number of ether oxygens (including phenoxy) is 1. The van der Waals surface area contributed by atoms with Gasteiger partial charge in [-0.25, -0.2) is 0 Å². The maximum absolute atomic E-state index is 11.0. The first-order chi connectivity index (χ1) is 9.59. The number of rotatable bonds is 6. The zero-order chi connectivity index (χ0) is 14.5. The van der Waals surface area contributed by atoms with E-state index < -0.39 is 0 Å². The van der Waals surface area contributed by atoms with Gasteiger partial charge in [-0.05, 0) is 45.7 Å². The Morgan fingerprint density at radius 3 is 3.00 bits per heavy atom. The van der Waals surface area contributed by atoms with Gasteiger partial charge < -0.3 is 10.1 Å². The predicted molar refractivity (Wildman–Crippen MR) is 75.6 cm³/mol. The van der Waals surface area contributed by atoms with E-state index in [4.69, 9.17) is 4.74 Å². The molecule has 0 aliphatic carbocycles. The van der Waals surface area contributed by atoms with Crippen LogP contribution in [0.15, 0.2) is 6.20 Å². The molecule has 6 nitrogen and oxygen atoms in total. The highest BCUT2D eigenvalue weighted by Gasteiger charge is 2.19. The Morgan fingerprint density at radius 2 is 2.35 bits per heavy atom. The van der Waals surface area contributed by atoms with E-state index in [1.54, 1.807) is 20.0 Å². The minimum absolute atomic E-state index is 0.151. The molecule has 20 heavy (non-hydrogen) atoms. The van der Waals surface area contributed by atoms with Crippen LogP contribution in [0, 0.1) is 29.9 Å². The number of aromatic nitrogens is 1. The molecule has 6 heteroatoms. The second-order valence-corrected chi connectivity index (χ2v) is 5.32. The smallest absolute Gasteiger partial charge is 0.278 e. The van der Waals surface area contributed by atoms with Crippen molar-refractivity contribution in [2.45, 2.75) is 33.3 Å². The van der Waals surface area contributed by atoms with Crippen molar-refractivity contribution in [2.75, 3.05) is 19.7 Å². The summed E-state index contributed by atoms with van der Waals surface area (Å²) in [6.07, 6.45) is 3.78. The van der Waals surface area contributed by atoms with E-state index in [-0.39, 0.29) is 10.6 Å². The third kappa shape index (κ3) is 3.52. The van der Waals surface area contributed by atoms with Crippen LogP contribution >= 0.6 is 0 Å². The van der Waals surface area contributed by atoms with Crippen LogP contribution in [0.3, 0.4) is 0 Å². The fraction of sp³-hybridized carbons (Fsp3) is 0.643. The van der Waals surface area contributed by atoms with E-state index in [0.717, 1.165) is 19.5 Å². The summed E-state index contributed by atoms with van der Waals surface area (Å²) in [6.45, 7) is 6.61. The SMILES string of the molecule is Cc1cnc(COCCC2CCNC2)c(C)c1[N+](=O)[O-]. The summed E-state index contributed by atoms with van der Waals surface area (Å²) in [5.74, 6) is 0.691. The lowest BCUT2D eigenvalue weighted by molar-refractivity contribution is -0.386. The van der Waals surface area contributed by atoms with Gasteiger partial charge in [0, 0.05) is 18.4 Å². The molecule has 1 aliphatic rings. The van der Waals surface area contributed by atoms with Gasteiger partial charge >= 0.3 is 0 Å². The summed E-state index contributed by atoms with van der Waals surface area (Å²) in [4.78, 5) is 14.9. The Hall–Kier alpha value is -1.53. The molecule has 0 radical (unpaired) electrons. The minimum Gasteiger partial charge on any atom is -0.375 e. The van der Waals surface area contributed by atoms with Crippen molar-refractivity contribution >= 4 is 5.69 Å². The first-order valence-corrected chi connectivity index (χ1v) is 6.97. The molecule has 0 amide bonds. The molecule has 2 heterocycles. The number of nitrogens with zero attached hydrogens (tertiary/aromatic N) is 2. The molecule has 1 saturated heterocycles. The standard InChI is InChI=1S/C14H21N3O3/c1-10-7-16-13(11(2)14(10)17(18)19)9-20-6-4-12-3-5-15-8-12/h7,12,15H,3-6,8-9H2,1-2H3. The monoisotopic (exact) mass is 279 g/mol. The summed E-state index contributed by atoms with van der Waals surface area (Å²) in [5.41, 5.74) is 2.01. The molecule has 1 N–H and O–H groups in total. The van der Waals surface area contributed by atoms with Gasteiger partial charge in [0.15, 0.2) is 0 Å². The molecule has 110 valence electrons. The molecule has 1 unspecified atom stereocenters. The average molecular weight is 279 g/mol. The highest BCUT2D eigenvalue weighted by atomic mass is 16.6. The fourth-order valence-corrected chi connectivity index (χ4v) is 2.57. The molecule has 0 spiro atoms. The van der Waals surface area contributed by atoms with Crippen LogP contribution in [0.2, 0.25) is 0 Å². The van der Waals surface area contributed by atoms with Crippen molar-refractivity contribution in [3.05, 3.63) is 33.1 Å². The predicted octanol–water partition coefficient (Wildman–Crippen LogP) is 2.12. The molecule has 0 aromatic carbocycles. The van der Waals surface area contributed by atoms with E-state index in [0.29, 0.717) is 36.0 Å². The van der Waals surface area contributed by atoms with Crippen molar-refractivity contribution in [2.24, 2.45) is 5.92 Å². The molecule has 2 rings (SSSR count). The van der Waals surface area contributed by atoms with Crippen LogP contribution < -0.4 is 5.32 Å². The fourth-order valence-electron chi connectivity index (χ4n) is 2.57. The second kappa shape index (κ2) is 6.76. The molecule has 1 aliphatic heterocycles. The Morgan fingerprint density at radius 1 is 1.55 bits per heavy atom.